The first-order valence-corrected chi connectivity index (χ1v) is 37.2. The van der Waals surface area contributed by atoms with Crippen LogP contribution < -0.4 is 0 Å². The van der Waals surface area contributed by atoms with Crippen molar-refractivity contribution in [2.24, 2.45) is 10.8 Å². The molecule has 13 nitrogen and oxygen atoms in total. The predicted octanol–water partition coefficient (Wildman–Crippen LogP) is 23.2. The summed E-state index contributed by atoms with van der Waals surface area (Å²) in [6.07, 6.45) is 68.1. The number of carbonyl (C=O) groups is 6. The quantitative estimate of drug-likeness (QED) is 0.0282. The third kappa shape index (κ3) is 63.9. The van der Waals surface area contributed by atoms with Gasteiger partial charge in [-0.3, -0.25) is 24.0 Å². The summed E-state index contributed by atoms with van der Waals surface area (Å²) in [5.74, 6) is -5.05. The molecule has 0 aliphatic rings. The molecule has 88 heavy (non-hydrogen) atoms. The Hall–Kier alpha value is -3.60. The number of rotatable bonds is 66. The van der Waals surface area contributed by atoms with Gasteiger partial charge in [-0.05, 0) is 45.4 Å². The number of hydrogen-bond acceptors (Lipinski definition) is 8. The molecule has 13 heteroatoms. The Balaban J connectivity index is -0.000000590. The van der Waals surface area contributed by atoms with E-state index < -0.39 is 40.7 Å². The van der Waals surface area contributed by atoms with Crippen LogP contribution >= 0.6 is 0 Å². The van der Waals surface area contributed by atoms with Gasteiger partial charge < -0.3 is 30.3 Å². The fourth-order valence-corrected chi connectivity index (χ4v) is 11.9. The van der Waals surface area contributed by atoms with Crippen LogP contribution in [0.3, 0.4) is 0 Å². The summed E-state index contributed by atoms with van der Waals surface area (Å²) in [6, 6.07) is 0. The Labute approximate surface area is 540 Å². The van der Waals surface area contributed by atoms with Gasteiger partial charge in [-0.25, -0.2) is 0 Å². The van der Waals surface area contributed by atoms with E-state index in [9.17, 15) is 49.2 Å². The molecular formula is C75H142O13. The van der Waals surface area contributed by atoms with Gasteiger partial charge in [-0.15, -0.1) is 0 Å². The van der Waals surface area contributed by atoms with E-state index in [0.29, 0.717) is 38.5 Å². The summed E-state index contributed by atoms with van der Waals surface area (Å²) < 4.78 is 0. The summed E-state index contributed by atoms with van der Waals surface area (Å²) in [7, 11) is 0. The van der Waals surface area contributed by atoms with Crippen molar-refractivity contribution < 1.29 is 63.9 Å². The maximum atomic E-state index is 11.8. The van der Waals surface area contributed by atoms with Gasteiger partial charge in [0.25, 0.3) is 0 Å². The molecule has 0 aliphatic carbocycles. The van der Waals surface area contributed by atoms with Crippen molar-refractivity contribution in [1.82, 2.24) is 0 Å². The maximum Gasteiger partial charge on any atom is 0.373 e. The predicted molar refractivity (Wildman–Crippen MR) is 363 cm³/mol. The number of hydrogen-bond donors (Lipinski definition) is 5. The Morgan fingerprint density at radius 3 is 0.511 bits per heavy atom. The molecule has 0 saturated heterocycles. The van der Waals surface area contributed by atoms with Gasteiger partial charge in [0.1, 0.15) is 5.78 Å². The first kappa shape index (κ1) is 90.8. The van der Waals surface area contributed by atoms with Gasteiger partial charge in [-0.1, -0.05) is 368 Å². The maximum absolute atomic E-state index is 11.8. The molecule has 0 heterocycles. The zero-order valence-electron chi connectivity index (χ0n) is 58.1. The molecule has 0 fully saturated rings. The van der Waals surface area contributed by atoms with Crippen molar-refractivity contribution in [2.75, 3.05) is 0 Å². The van der Waals surface area contributed by atoms with Crippen molar-refractivity contribution in [3.8, 4) is 0 Å². The number of carboxylic acid groups (broad SMARTS) is 5. The zero-order chi connectivity index (χ0) is 66.3. The lowest BCUT2D eigenvalue weighted by Crippen LogP contribution is -2.39. The normalized spacial score (nSPS) is 11.1. The molecule has 0 unspecified atom stereocenters. The van der Waals surface area contributed by atoms with E-state index in [-0.39, 0.29) is 37.6 Å². The third-order valence-corrected chi connectivity index (χ3v) is 17.9. The van der Waals surface area contributed by atoms with Gasteiger partial charge in [0.05, 0.1) is 0 Å². The minimum atomic E-state index is -1.62. The second kappa shape index (κ2) is 72.5. The van der Waals surface area contributed by atoms with E-state index in [1.165, 1.54) is 225 Å². The molecule has 0 spiro atoms. The number of unbranched alkanes of at least 4 members (excludes halogenated alkanes) is 50. The third-order valence-electron chi connectivity index (χ3n) is 17.9. The highest BCUT2D eigenvalue weighted by atomic mass is 16.4. The molecule has 0 saturated carbocycles. The Morgan fingerprint density at radius 1 is 0.239 bits per heavy atom. The lowest BCUT2D eigenvalue weighted by atomic mass is 9.78. The Kier molecular flexibility index (Phi) is 74.8. The fraction of sp³-hybridized carbons (Fsp3) is 0.907. The summed E-state index contributed by atoms with van der Waals surface area (Å²) >= 11 is 0. The van der Waals surface area contributed by atoms with Crippen molar-refractivity contribution in [1.29, 1.82) is 0 Å². The molecule has 5 N–H and O–H groups in total. The molecule has 0 amide bonds. The number of aliphatic carboxylic acids is 5. The molecule has 0 radical (unpaired) electrons. The number of carboxylic acids is 5. The second-order valence-corrected chi connectivity index (χ2v) is 26.1. The fourth-order valence-electron chi connectivity index (χ4n) is 11.9. The first-order chi connectivity index (χ1) is 42.6. The largest absolute Gasteiger partial charge is 0.481 e. The van der Waals surface area contributed by atoms with Crippen LogP contribution in [-0.4, -0.2) is 67.3 Å². The Bertz CT molecular complexity index is 1540. The van der Waals surface area contributed by atoms with Crippen molar-refractivity contribution >= 4 is 41.8 Å². The van der Waals surface area contributed by atoms with E-state index in [1.807, 2.05) is 0 Å². The minimum Gasteiger partial charge on any atom is -0.481 e. The van der Waals surface area contributed by atoms with Crippen LogP contribution in [-0.2, 0) is 38.4 Å². The topological polar surface area (TPSA) is 238 Å². The highest BCUT2D eigenvalue weighted by Gasteiger charge is 2.46. The average Bonchev–Trinajstić information content (AvgIpc) is 2.67. The Morgan fingerprint density at radius 2 is 0.375 bits per heavy atom. The lowest BCUT2D eigenvalue weighted by molar-refractivity contribution is -0.192. The van der Waals surface area contributed by atoms with E-state index in [0.717, 1.165) is 103 Å². The van der Waals surface area contributed by atoms with Crippen molar-refractivity contribution in [3.05, 3.63) is 0 Å². The smallest absolute Gasteiger partial charge is 0.373 e. The summed E-state index contributed by atoms with van der Waals surface area (Å²) in [5.41, 5.74) is -3.20. The molecule has 0 aromatic heterocycles. The average molecular weight is 1250 g/mol. The van der Waals surface area contributed by atoms with Crippen molar-refractivity contribution in [3.63, 3.8) is 0 Å². The van der Waals surface area contributed by atoms with Crippen LogP contribution in [0.25, 0.3) is 0 Å². The molecule has 0 aromatic carbocycles. The number of ketones is 1. The van der Waals surface area contributed by atoms with Crippen LogP contribution in [0.1, 0.15) is 426 Å². The number of carbonyl (C=O) groups excluding carboxylic acids is 3. The standard InChI is InChI=1S/C26H48O5.C25H48O4.C23H46O2.CO2/c1-3-4-5-6-7-9-12-15-18-21-26(24(28)29,25(30)31)22-19-16-13-10-8-11-14-17-20-23(2)27;1-3-5-7-9-11-13-15-17-19-21-25(23(26)27,24(28)29)22-20-18-16-14-12-10-8-6-4-2;1-2-3-4-5-6-7-8-9-10-11-12-13-14-15-16-17-18-19-20-21-22-23(24)25;2-1-3/h3-22H2,1-2H3,(H,28,29)(H,30,31);3-22H2,1-2H3,(H,26,27)(H,28,29);2-22H2,1H3,(H,24,25);. The van der Waals surface area contributed by atoms with Crippen LogP contribution in [0.15, 0.2) is 0 Å². The first-order valence-electron chi connectivity index (χ1n) is 37.2. The summed E-state index contributed by atoms with van der Waals surface area (Å²) in [4.78, 5) is 84.9. The van der Waals surface area contributed by atoms with Gasteiger partial charge in [0.15, 0.2) is 10.8 Å². The summed E-state index contributed by atoms with van der Waals surface area (Å²) in [5, 5.41) is 47.2. The van der Waals surface area contributed by atoms with E-state index >= 15 is 0 Å². The summed E-state index contributed by atoms with van der Waals surface area (Å²) in [6.45, 7) is 10.5. The monoisotopic (exact) mass is 1250 g/mol. The van der Waals surface area contributed by atoms with E-state index in [2.05, 4.69) is 27.7 Å². The molecule has 0 aliphatic heterocycles. The van der Waals surface area contributed by atoms with Crippen LogP contribution in [0.4, 0.5) is 0 Å². The van der Waals surface area contributed by atoms with Gasteiger partial charge >= 0.3 is 36.0 Å². The van der Waals surface area contributed by atoms with Gasteiger partial charge in [0.2, 0.25) is 0 Å². The minimum absolute atomic E-state index is 0.229. The molecule has 0 aromatic rings. The van der Waals surface area contributed by atoms with Crippen LogP contribution in [0.5, 0.6) is 0 Å². The van der Waals surface area contributed by atoms with E-state index in [1.54, 1.807) is 6.92 Å². The SMILES string of the molecule is CCCCCCCCCCCC(CCCCCCCCCCC(C)=O)(C(=O)O)C(=O)O.CCCCCCCCCCCC(CCCCCCCCCCC)(C(=O)O)C(=O)O.CCCCCCCCCCCCCCCCCCCCCCC(=O)O.O=C=O. The van der Waals surface area contributed by atoms with Crippen LogP contribution in [0, 0.1) is 10.8 Å². The molecule has 0 bridgehead atoms. The van der Waals surface area contributed by atoms with E-state index in [4.69, 9.17) is 14.7 Å². The molecule has 520 valence electrons. The lowest BCUT2D eigenvalue weighted by Gasteiger charge is -2.25. The molecular weight excluding hydrogens is 1110 g/mol. The van der Waals surface area contributed by atoms with Crippen LogP contribution in [0.2, 0.25) is 0 Å². The highest BCUT2D eigenvalue weighted by Crippen LogP contribution is 2.35. The second-order valence-electron chi connectivity index (χ2n) is 26.1. The van der Waals surface area contributed by atoms with Gasteiger partial charge in [0, 0.05) is 12.8 Å². The van der Waals surface area contributed by atoms with Gasteiger partial charge in [-0.2, -0.15) is 9.59 Å². The molecule has 0 rings (SSSR count). The molecule has 0 atom stereocenters. The van der Waals surface area contributed by atoms with Crippen molar-refractivity contribution in [2.45, 2.75) is 426 Å². The zero-order valence-corrected chi connectivity index (χ0v) is 58.1. The highest BCUT2D eigenvalue weighted by molar-refractivity contribution is 5.98. The number of Topliss-reactive ketones (excluding diaryl/α,β-unsaturated/α-hetero) is 1.